The molecule has 1 unspecified atom stereocenters. The van der Waals surface area contributed by atoms with Gasteiger partial charge in [0.05, 0.1) is 0 Å². The Hall–Kier alpha value is -1.28. The quantitative estimate of drug-likeness (QED) is 0.704. The monoisotopic (exact) mass is 186 g/mol. The van der Waals surface area contributed by atoms with Gasteiger partial charge in [-0.1, -0.05) is 18.2 Å². The van der Waals surface area contributed by atoms with Gasteiger partial charge in [-0.05, 0) is 29.7 Å². The molecule has 1 aliphatic heterocycles. The third-order valence-electron chi connectivity index (χ3n) is 2.82. The van der Waals surface area contributed by atoms with E-state index in [1.807, 2.05) is 0 Å². The van der Waals surface area contributed by atoms with Crippen molar-refractivity contribution in [1.29, 1.82) is 0 Å². The average Bonchev–Trinajstić information content (AvgIpc) is 2.92. The second kappa shape index (κ2) is 3.14. The van der Waals surface area contributed by atoms with Crippen molar-refractivity contribution in [2.24, 2.45) is 0 Å². The summed E-state index contributed by atoms with van der Waals surface area (Å²) < 4.78 is 0. The van der Waals surface area contributed by atoms with Crippen LogP contribution < -0.4 is 10.6 Å². The van der Waals surface area contributed by atoms with Crippen molar-refractivity contribution in [1.82, 2.24) is 5.32 Å². The molecule has 1 saturated heterocycles. The number of hydrogen-bond donors (Lipinski definition) is 2. The fraction of sp³-hybridized carbons (Fsp3) is 0.333. The molecule has 3 rings (SSSR count). The second-order valence-electron chi connectivity index (χ2n) is 4.01. The summed E-state index contributed by atoms with van der Waals surface area (Å²) in [5.41, 5.74) is 4.07. The van der Waals surface area contributed by atoms with Gasteiger partial charge in [-0.3, -0.25) is 0 Å². The van der Waals surface area contributed by atoms with E-state index in [9.17, 15) is 0 Å². The first-order valence-electron chi connectivity index (χ1n) is 5.18. The predicted octanol–water partition coefficient (Wildman–Crippen LogP) is 1.64. The highest BCUT2D eigenvalue weighted by atomic mass is 15.1. The van der Waals surface area contributed by atoms with Crippen LogP contribution in [0.5, 0.6) is 0 Å². The lowest BCUT2D eigenvalue weighted by molar-refractivity contribution is 0.986. The first-order valence-corrected chi connectivity index (χ1v) is 5.18. The van der Waals surface area contributed by atoms with Crippen LogP contribution in [0.25, 0.3) is 6.08 Å². The minimum atomic E-state index is 0.696. The predicted molar refractivity (Wildman–Crippen MR) is 59.5 cm³/mol. The van der Waals surface area contributed by atoms with Crippen LogP contribution in [0, 0.1) is 0 Å². The van der Waals surface area contributed by atoms with Gasteiger partial charge in [-0.25, -0.2) is 0 Å². The molecule has 1 aromatic carbocycles. The summed E-state index contributed by atoms with van der Waals surface area (Å²) in [6, 6.07) is 7.32. The van der Waals surface area contributed by atoms with E-state index in [0.29, 0.717) is 6.04 Å². The van der Waals surface area contributed by atoms with Crippen LogP contribution in [0.2, 0.25) is 0 Å². The van der Waals surface area contributed by atoms with Crippen molar-refractivity contribution < 1.29 is 0 Å². The van der Waals surface area contributed by atoms with E-state index in [2.05, 4.69) is 41.0 Å². The molecule has 2 aliphatic rings. The molecule has 14 heavy (non-hydrogen) atoms. The van der Waals surface area contributed by atoms with Gasteiger partial charge in [-0.2, -0.15) is 0 Å². The van der Waals surface area contributed by atoms with E-state index < -0.39 is 0 Å². The van der Waals surface area contributed by atoms with E-state index >= 15 is 0 Å². The normalized spacial score (nSPS) is 22.1. The average molecular weight is 186 g/mol. The third-order valence-corrected chi connectivity index (χ3v) is 2.82. The van der Waals surface area contributed by atoms with Gasteiger partial charge in [0, 0.05) is 24.8 Å². The Balaban J connectivity index is 1.73. The van der Waals surface area contributed by atoms with Gasteiger partial charge in [-0.15, -0.1) is 0 Å². The summed E-state index contributed by atoms with van der Waals surface area (Å²) in [7, 11) is 0. The molecule has 1 aliphatic carbocycles. The second-order valence-corrected chi connectivity index (χ2v) is 4.01. The highest BCUT2D eigenvalue weighted by Gasteiger charge is 2.19. The molecule has 0 aromatic heterocycles. The summed E-state index contributed by atoms with van der Waals surface area (Å²) >= 11 is 0. The molecule has 1 atom stereocenters. The van der Waals surface area contributed by atoms with Crippen molar-refractivity contribution >= 4 is 11.8 Å². The number of allylic oxidation sites excluding steroid dienone is 1. The minimum Gasteiger partial charge on any atom is -0.383 e. The first-order chi connectivity index (χ1) is 6.92. The molecule has 0 amide bonds. The van der Waals surface area contributed by atoms with Crippen molar-refractivity contribution in [3.8, 4) is 0 Å². The Morgan fingerprint density at radius 1 is 1.43 bits per heavy atom. The Morgan fingerprint density at radius 3 is 3.21 bits per heavy atom. The third kappa shape index (κ3) is 1.53. The molecule has 72 valence electrons. The largest absolute Gasteiger partial charge is 0.383 e. The molecule has 1 fully saturated rings. The zero-order valence-electron chi connectivity index (χ0n) is 8.09. The number of anilines is 1. The fourth-order valence-corrected chi connectivity index (χ4v) is 1.84. The zero-order chi connectivity index (χ0) is 9.38. The number of fused-ring (bicyclic) bond motifs is 1. The molecular formula is C12H14N2. The molecule has 2 N–H and O–H groups in total. The van der Waals surface area contributed by atoms with E-state index in [0.717, 1.165) is 13.0 Å². The lowest BCUT2D eigenvalue weighted by Crippen LogP contribution is -2.10. The molecule has 0 radical (unpaired) electrons. The van der Waals surface area contributed by atoms with Gasteiger partial charge in [0.1, 0.15) is 0 Å². The standard InChI is InChI=1S/C12H14N2/c1-2-9-4-5-11(6-10(9)3-1)13-7-12-8-14-12/h1-2,4-6,12-14H,3,7-8H2. The molecule has 1 heterocycles. The summed E-state index contributed by atoms with van der Waals surface area (Å²) in [5.74, 6) is 0. The molecule has 0 saturated carbocycles. The smallest absolute Gasteiger partial charge is 0.0367 e. The van der Waals surface area contributed by atoms with E-state index in [1.165, 1.54) is 23.4 Å². The molecule has 0 spiro atoms. The number of nitrogens with one attached hydrogen (secondary N) is 2. The van der Waals surface area contributed by atoms with Crippen LogP contribution in [0.1, 0.15) is 11.1 Å². The van der Waals surface area contributed by atoms with Crippen molar-refractivity contribution in [3.05, 3.63) is 35.4 Å². The molecule has 1 aromatic rings. The molecule has 0 bridgehead atoms. The fourth-order valence-electron chi connectivity index (χ4n) is 1.84. The van der Waals surface area contributed by atoms with Gasteiger partial charge in [0.25, 0.3) is 0 Å². The Morgan fingerprint density at radius 2 is 2.36 bits per heavy atom. The van der Waals surface area contributed by atoms with E-state index in [-0.39, 0.29) is 0 Å². The lowest BCUT2D eigenvalue weighted by Gasteiger charge is -2.06. The van der Waals surface area contributed by atoms with Gasteiger partial charge in [0.2, 0.25) is 0 Å². The lowest BCUT2D eigenvalue weighted by atomic mass is 10.1. The Kier molecular flexibility index (Phi) is 1.81. The zero-order valence-corrected chi connectivity index (χ0v) is 8.09. The highest BCUT2D eigenvalue weighted by molar-refractivity contribution is 5.64. The first kappa shape index (κ1) is 8.06. The number of hydrogen-bond acceptors (Lipinski definition) is 2. The Labute approximate surface area is 84.0 Å². The number of rotatable bonds is 3. The van der Waals surface area contributed by atoms with Gasteiger partial charge >= 0.3 is 0 Å². The van der Waals surface area contributed by atoms with Crippen molar-refractivity contribution in [2.75, 3.05) is 18.4 Å². The Bertz CT molecular complexity index is 378. The van der Waals surface area contributed by atoms with Crippen LogP contribution in [0.3, 0.4) is 0 Å². The van der Waals surface area contributed by atoms with Crippen LogP contribution in [0.4, 0.5) is 5.69 Å². The molecule has 2 heteroatoms. The SMILES string of the molecule is C1=Cc2ccc(NCC3CN3)cc2C1. The van der Waals surface area contributed by atoms with Crippen LogP contribution in [0.15, 0.2) is 24.3 Å². The maximum absolute atomic E-state index is 3.45. The number of benzene rings is 1. The van der Waals surface area contributed by atoms with Gasteiger partial charge < -0.3 is 10.6 Å². The highest BCUT2D eigenvalue weighted by Crippen LogP contribution is 2.22. The van der Waals surface area contributed by atoms with Crippen molar-refractivity contribution in [2.45, 2.75) is 12.5 Å². The maximum atomic E-state index is 3.45. The van der Waals surface area contributed by atoms with Crippen LogP contribution in [-0.2, 0) is 6.42 Å². The van der Waals surface area contributed by atoms with E-state index in [1.54, 1.807) is 0 Å². The summed E-state index contributed by atoms with van der Waals surface area (Å²) in [6.45, 7) is 2.21. The van der Waals surface area contributed by atoms with Crippen LogP contribution >= 0.6 is 0 Å². The topological polar surface area (TPSA) is 34.0 Å². The summed E-state index contributed by atoms with van der Waals surface area (Å²) in [5, 5.41) is 6.73. The minimum absolute atomic E-state index is 0.696. The maximum Gasteiger partial charge on any atom is 0.0367 e. The van der Waals surface area contributed by atoms with Crippen LogP contribution in [-0.4, -0.2) is 19.1 Å². The van der Waals surface area contributed by atoms with E-state index in [4.69, 9.17) is 0 Å². The summed E-state index contributed by atoms with van der Waals surface area (Å²) in [6.07, 6.45) is 5.50. The summed E-state index contributed by atoms with van der Waals surface area (Å²) in [4.78, 5) is 0. The molecular weight excluding hydrogens is 172 g/mol. The van der Waals surface area contributed by atoms with Gasteiger partial charge in [0.15, 0.2) is 0 Å². The van der Waals surface area contributed by atoms with Crippen molar-refractivity contribution in [3.63, 3.8) is 0 Å². The molecule has 2 nitrogen and oxygen atoms in total.